The first-order chi connectivity index (χ1) is 12.7. The molecule has 1 amide bonds. The van der Waals surface area contributed by atoms with Crippen molar-refractivity contribution >= 4 is 22.5 Å². The van der Waals surface area contributed by atoms with Gasteiger partial charge in [-0.15, -0.1) is 0 Å². The number of amides is 1. The Labute approximate surface area is 151 Å². The van der Waals surface area contributed by atoms with Crippen molar-refractivity contribution in [1.29, 1.82) is 0 Å². The summed E-state index contributed by atoms with van der Waals surface area (Å²) in [5, 5.41) is 3.55. The summed E-state index contributed by atoms with van der Waals surface area (Å²) in [5.74, 6) is -0.730. The molecule has 0 saturated carbocycles. The maximum Gasteiger partial charge on any atom is 0.256 e. The van der Waals surface area contributed by atoms with Crippen LogP contribution in [0.4, 0.5) is 10.1 Å². The van der Waals surface area contributed by atoms with Crippen LogP contribution in [0.2, 0.25) is 0 Å². The summed E-state index contributed by atoms with van der Waals surface area (Å²) in [4.78, 5) is 20.2. The minimum Gasteiger partial charge on any atom is -0.319 e. The number of fused-ring (bicyclic) bond motifs is 2. The first-order valence-corrected chi connectivity index (χ1v) is 8.86. The van der Waals surface area contributed by atoms with Gasteiger partial charge in [-0.05, 0) is 24.7 Å². The molecule has 5 heteroatoms. The third kappa shape index (κ3) is 2.95. The highest BCUT2D eigenvalue weighted by atomic mass is 19.1. The summed E-state index contributed by atoms with van der Waals surface area (Å²) in [6.07, 6.45) is 0.813. The Balaban J connectivity index is 1.84. The van der Waals surface area contributed by atoms with Crippen LogP contribution >= 0.6 is 0 Å². The molecule has 0 unspecified atom stereocenters. The number of benzene rings is 2. The molecule has 4 nitrogen and oxygen atoms in total. The number of pyridine rings is 1. The molecule has 0 fully saturated rings. The van der Waals surface area contributed by atoms with E-state index in [1.165, 1.54) is 6.07 Å². The van der Waals surface area contributed by atoms with E-state index < -0.39 is 5.82 Å². The molecule has 132 valence electrons. The summed E-state index contributed by atoms with van der Waals surface area (Å²) < 4.78 is 14.0. The molecule has 26 heavy (non-hydrogen) atoms. The number of anilines is 1. The molecule has 0 spiro atoms. The van der Waals surface area contributed by atoms with Crippen molar-refractivity contribution in [2.75, 3.05) is 18.4 Å². The van der Waals surface area contributed by atoms with Crippen molar-refractivity contribution < 1.29 is 9.18 Å². The van der Waals surface area contributed by atoms with Gasteiger partial charge in [0.2, 0.25) is 0 Å². The largest absolute Gasteiger partial charge is 0.319 e. The fourth-order valence-electron chi connectivity index (χ4n) is 3.52. The van der Waals surface area contributed by atoms with E-state index in [9.17, 15) is 9.18 Å². The lowest BCUT2D eigenvalue weighted by molar-refractivity contribution is 0.102. The van der Waals surface area contributed by atoms with E-state index in [1.54, 1.807) is 18.2 Å². The van der Waals surface area contributed by atoms with Gasteiger partial charge in [-0.3, -0.25) is 14.7 Å². The molecular weight excluding hydrogens is 329 g/mol. The highest BCUT2D eigenvalue weighted by Gasteiger charge is 2.25. The molecule has 1 N–H and O–H groups in total. The average Bonchev–Trinajstić information content (AvgIpc) is 2.67. The van der Waals surface area contributed by atoms with Gasteiger partial charge >= 0.3 is 0 Å². The van der Waals surface area contributed by atoms with Crippen molar-refractivity contribution in [3.63, 3.8) is 0 Å². The quantitative estimate of drug-likeness (QED) is 0.777. The molecular formula is C21H20FN3O. The van der Waals surface area contributed by atoms with Gasteiger partial charge in [0, 0.05) is 36.2 Å². The smallest absolute Gasteiger partial charge is 0.256 e. The van der Waals surface area contributed by atoms with E-state index in [-0.39, 0.29) is 11.6 Å². The highest BCUT2D eigenvalue weighted by Crippen LogP contribution is 2.29. The molecule has 2 aromatic carbocycles. The zero-order chi connectivity index (χ0) is 18.1. The van der Waals surface area contributed by atoms with Gasteiger partial charge in [0.25, 0.3) is 5.91 Å². The van der Waals surface area contributed by atoms with Crippen LogP contribution in [-0.2, 0) is 13.0 Å². The van der Waals surface area contributed by atoms with Gasteiger partial charge in [-0.2, -0.15) is 0 Å². The van der Waals surface area contributed by atoms with Gasteiger partial charge in [-0.1, -0.05) is 37.3 Å². The molecule has 0 saturated heterocycles. The van der Waals surface area contributed by atoms with E-state index in [0.717, 1.165) is 41.7 Å². The Bertz CT molecular complexity index is 986. The normalized spacial score (nSPS) is 14.2. The van der Waals surface area contributed by atoms with Gasteiger partial charge in [0.1, 0.15) is 5.82 Å². The highest BCUT2D eigenvalue weighted by molar-refractivity contribution is 6.13. The minimum absolute atomic E-state index is 0.190. The first kappa shape index (κ1) is 16.7. The molecule has 0 atom stereocenters. The van der Waals surface area contributed by atoms with Crippen molar-refractivity contribution in [3.05, 3.63) is 71.2 Å². The number of nitrogens with one attached hydrogen (secondary N) is 1. The molecule has 0 bridgehead atoms. The SMILES string of the molecule is CCN1CCc2nc3ccccc3c(C(=O)Nc3ccccc3F)c2C1. The number of likely N-dealkylation sites (N-methyl/N-ethyl adjacent to an activating group) is 1. The van der Waals surface area contributed by atoms with E-state index in [1.807, 2.05) is 24.3 Å². The second-order valence-electron chi connectivity index (χ2n) is 6.48. The molecule has 1 aliphatic rings. The molecule has 4 rings (SSSR count). The zero-order valence-corrected chi connectivity index (χ0v) is 14.6. The number of halogens is 1. The van der Waals surface area contributed by atoms with E-state index >= 15 is 0 Å². The maximum atomic E-state index is 14.0. The summed E-state index contributed by atoms with van der Waals surface area (Å²) in [6, 6.07) is 13.9. The molecule has 0 aliphatic carbocycles. The molecule has 0 radical (unpaired) electrons. The Kier molecular flexibility index (Phi) is 4.39. The van der Waals surface area contributed by atoms with Crippen LogP contribution in [0, 0.1) is 5.82 Å². The summed E-state index contributed by atoms with van der Waals surface area (Å²) in [6.45, 7) is 4.64. The fraction of sp³-hybridized carbons (Fsp3) is 0.238. The van der Waals surface area contributed by atoms with Crippen LogP contribution in [0.3, 0.4) is 0 Å². The van der Waals surface area contributed by atoms with Crippen molar-refractivity contribution in [2.45, 2.75) is 19.9 Å². The van der Waals surface area contributed by atoms with Gasteiger partial charge in [-0.25, -0.2) is 4.39 Å². The van der Waals surface area contributed by atoms with Crippen LogP contribution in [-0.4, -0.2) is 28.9 Å². The molecule has 3 aromatic rings. The van der Waals surface area contributed by atoms with Crippen molar-refractivity contribution in [1.82, 2.24) is 9.88 Å². The first-order valence-electron chi connectivity index (χ1n) is 8.86. The maximum absolute atomic E-state index is 14.0. The number of carbonyl (C=O) groups excluding carboxylic acids is 1. The minimum atomic E-state index is -0.441. The van der Waals surface area contributed by atoms with E-state index in [0.29, 0.717) is 12.1 Å². The van der Waals surface area contributed by atoms with Gasteiger partial charge in [0.15, 0.2) is 0 Å². The van der Waals surface area contributed by atoms with E-state index in [2.05, 4.69) is 17.1 Å². The van der Waals surface area contributed by atoms with Crippen LogP contribution in [0.5, 0.6) is 0 Å². The predicted molar refractivity (Wildman–Crippen MR) is 101 cm³/mol. The number of hydrogen-bond donors (Lipinski definition) is 1. The number of aromatic nitrogens is 1. The number of nitrogens with zero attached hydrogens (tertiary/aromatic N) is 2. The van der Waals surface area contributed by atoms with Crippen LogP contribution in [0.15, 0.2) is 48.5 Å². The second kappa shape index (κ2) is 6.84. The summed E-state index contributed by atoms with van der Waals surface area (Å²) in [7, 11) is 0. The van der Waals surface area contributed by atoms with Crippen LogP contribution in [0.1, 0.15) is 28.5 Å². The zero-order valence-electron chi connectivity index (χ0n) is 14.6. The van der Waals surface area contributed by atoms with Crippen molar-refractivity contribution in [2.24, 2.45) is 0 Å². The lowest BCUT2D eigenvalue weighted by atomic mass is 9.95. The number of hydrogen-bond acceptors (Lipinski definition) is 3. The van der Waals surface area contributed by atoms with E-state index in [4.69, 9.17) is 4.98 Å². The Morgan fingerprint density at radius 3 is 2.77 bits per heavy atom. The summed E-state index contributed by atoms with van der Waals surface area (Å²) >= 11 is 0. The number of carbonyl (C=O) groups is 1. The second-order valence-corrected chi connectivity index (χ2v) is 6.48. The Hall–Kier alpha value is -2.79. The number of para-hydroxylation sites is 2. The van der Waals surface area contributed by atoms with Gasteiger partial charge < -0.3 is 5.32 Å². The lowest BCUT2D eigenvalue weighted by Gasteiger charge is -2.29. The average molecular weight is 349 g/mol. The van der Waals surface area contributed by atoms with Crippen molar-refractivity contribution in [3.8, 4) is 0 Å². The van der Waals surface area contributed by atoms with Gasteiger partial charge in [0.05, 0.1) is 16.8 Å². The van der Waals surface area contributed by atoms with Crippen LogP contribution in [0.25, 0.3) is 10.9 Å². The lowest BCUT2D eigenvalue weighted by Crippen LogP contribution is -2.33. The summed E-state index contributed by atoms with van der Waals surface area (Å²) in [5.41, 5.74) is 3.51. The number of rotatable bonds is 3. The fourth-order valence-corrected chi connectivity index (χ4v) is 3.52. The molecule has 2 heterocycles. The molecule has 1 aliphatic heterocycles. The van der Waals surface area contributed by atoms with Crippen LogP contribution < -0.4 is 5.32 Å². The predicted octanol–water partition coefficient (Wildman–Crippen LogP) is 4.00. The monoisotopic (exact) mass is 349 g/mol. The third-order valence-electron chi connectivity index (χ3n) is 4.92. The molecule has 1 aromatic heterocycles. The third-order valence-corrected chi connectivity index (χ3v) is 4.92. The standard InChI is InChI=1S/C21H20FN3O/c1-2-25-12-11-18-15(13-25)20(14-7-3-5-9-17(14)23-18)21(26)24-19-10-6-4-8-16(19)22/h3-10H,2,11-13H2,1H3,(H,24,26). The topological polar surface area (TPSA) is 45.2 Å². The Morgan fingerprint density at radius 1 is 1.19 bits per heavy atom. The Morgan fingerprint density at radius 2 is 1.96 bits per heavy atom.